The van der Waals surface area contributed by atoms with Gasteiger partial charge in [-0.2, -0.15) is 0 Å². The number of Topliss-reactive ketones (excluding diaryl/α,β-unsaturated/α-hetero) is 1. The molecule has 0 bridgehead atoms. The molecular formula is C19H18N2O3. The number of carbonyl (C=O) groups is 2. The maximum Gasteiger partial charge on any atom is 0.294 e. The van der Waals surface area contributed by atoms with Crippen molar-refractivity contribution >= 4 is 22.6 Å². The summed E-state index contributed by atoms with van der Waals surface area (Å²) in [6, 6.07) is 13.7. The van der Waals surface area contributed by atoms with Gasteiger partial charge in [0.2, 0.25) is 0 Å². The minimum Gasteiger partial charge on any atom is -0.496 e. The summed E-state index contributed by atoms with van der Waals surface area (Å²) < 4.78 is 5.48. The molecule has 1 aromatic heterocycles. The Bertz CT molecular complexity index is 911. The number of H-pyrrole nitrogens is 1. The molecule has 5 nitrogen and oxygen atoms in total. The van der Waals surface area contributed by atoms with Crippen LogP contribution in [0.4, 0.5) is 0 Å². The van der Waals surface area contributed by atoms with E-state index in [1.54, 1.807) is 27.4 Å². The van der Waals surface area contributed by atoms with Crippen molar-refractivity contribution in [1.82, 2.24) is 9.88 Å². The Labute approximate surface area is 139 Å². The number of likely N-dealkylation sites (N-methyl/N-ethyl adjacent to an activating group) is 1. The Morgan fingerprint density at radius 2 is 1.75 bits per heavy atom. The number of carbonyl (C=O) groups excluding carboxylic acids is 2. The van der Waals surface area contributed by atoms with Gasteiger partial charge in [0.05, 0.1) is 23.6 Å². The summed E-state index contributed by atoms with van der Waals surface area (Å²) in [5.41, 5.74) is 3.09. The third-order valence-corrected chi connectivity index (χ3v) is 3.92. The second kappa shape index (κ2) is 6.20. The lowest BCUT2D eigenvalue weighted by Crippen LogP contribution is -2.29. The summed E-state index contributed by atoms with van der Waals surface area (Å²) in [5, 5.41) is 0.623. The molecule has 1 N–H and O–H groups in total. The van der Waals surface area contributed by atoms with E-state index in [9.17, 15) is 9.59 Å². The lowest BCUT2D eigenvalue weighted by atomic mass is 10.0. The highest BCUT2D eigenvalue weighted by Crippen LogP contribution is 2.34. The highest BCUT2D eigenvalue weighted by molar-refractivity contribution is 6.45. The molecule has 24 heavy (non-hydrogen) atoms. The van der Waals surface area contributed by atoms with Gasteiger partial charge < -0.3 is 14.6 Å². The molecule has 0 aliphatic carbocycles. The van der Waals surface area contributed by atoms with E-state index in [4.69, 9.17) is 4.74 Å². The minimum atomic E-state index is -0.565. The molecule has 0 radical (unpaired) electrons. The molecule has 0 saturated heterocycles. The zero-order valence-electron chi connectivity index (χ0n) is 13.8. The maximum absolute atomic E-state index is 12.4. The Morgan fingerprint density at radius 3 is 2.38 bits per heavy atom. The van der Waals surface area contributed by atoms with Crippen molar-refractivity contribution in [2.45, 2.75) is 0 Å². The zero-order valence-corrected chi connectivity index (χ0v) is 13.8. The number of methoxy groups -OCH3 is 1. The van der Waals surface area contributed by atoms with Gasteiger partial charge in [0.15, 0.2) is 0 Å². The number of fused-ring (bicyclic) bond motifs is 1. The van der Waals surface area contributed by atoms with Crippen LogP contribution in [-0.2, 0) is 4.79 Å². The van der Waals surface area contributed by atoms with Crippen LogP contribution in [0.3, 0.4) is 0 Å². The lowest BCUT2D eigenvalue weighted by molar-refractivity contribution is -0.124. The summed E-state index contributed by atoms with van der Waals surface area (Å²) in [6.07, 6.45) is 1.56. The molecule has 5 heteroatoms. The molecule has 1 heterocycles. The summed E-state index contributed by atoms with van der Waals surface area (Å²) in [7, 11) is 4.66. The molecule has 122 valence electrons. The van der Waals surface area contributed by atoms with Gasteiger partial charge in [0.25, 0.3) is 11.7 Å². The minimum absolute atomic E-state index is 0.320. The second-order valence-corrected chi connectivity index (χ2v) is 5.70. The molecule has 0 spiro atoms. The van der Waals surface area contributed by atoms with Gasteiger partial charge in [-0.15, -0.1) is 0 Å². The van der Waals surface area contributed by atoms with Crippen molar-refractivity contribution in [2.24, 2.45) is 0 Å². The number of aromatic nitrogens is 1. The first-order chi connectivity index (χ1) is 11.5. The van der Waals surface area contributed by atoms with Crippen LogP contribution >= 0.6 is 0 Å². The fourth-order valence-corrected chi connectivity index (χ4v) is 2.68. The molecule has 2 aromatic carbocycles. The van der Waals surface area contributed by atoms with Crippen molar-refractivity contribution in [3.8, 4) is 16.9 Å². The Balaban J connectivity index is 2.16. The maximum atomic E-state index is 12.4. The SMILES string of the molecule is COc1cc(-c2ccccc2)cc2[nH]cc(C(=O)C(=O)N(C)C)c12. The predicted octanol–water partition coefficient (Wildman–Crippen LogP) is 3.11. The predicted molar refractivity (Wildman–Crippen MR) is 93.3 cm³/mol. The van der Waals surface area contributed by atoms with Crippen LogP contribution in [-0.4, -0.2) is 42.8 Å². The largest absolute Gasteiger partial charge is 0.496 e. The van der Waals surface area contributed by atoms with Crippen molar-refractivity contribution in [3.05, 3.63) is 54.2 Å². The first-order valence-corrected chi connectivity index (χ1v) is 7.53. The second-order valence-electron chi connectivity index (χ2n) is 5.70. The van der Waals surface area contributed by atoms with Gasteiger partial charge in [-0.05, 0) is 23.3 Å². The lowest BCUT2D eigenvalue weighted by Gasteiger charge is -2.10. The summed E-state index contributed by atoms with van der Waals surface area (Å²) >= 11 is 0. The Morgan fingerprint density at radius 1 is 1.04 bits per heavy atom. The monoisotopic (exact) mass is 322 g/mol. The molecule has 3 rings (SSSR count). The molecule has 1 amide bonds. The average molecular weight is 322 g/mol. The smallest absolute Gasteiger partial charge is 0.294 e. The van der Waals surface area contributed by atoms with E-state index < -0.39 is 11.7 Å². The van der Waals surface area contributed by atoms with E-state index in [-0.39, 0.29) is 0 Å². The average Bonchev–Trinajstić information content (AvgIpc) is 3.04. The van der Waals surface area contributed by atoms with Crippen LogP contribution in [0.1, 0.15) is 10.4 Å². The molecule has 0 fully saturated rings. The Kier molecular flexibility index (Phi) is 4.08. The number of nitrogens with one attached hydrogen (secondary N) is 1. The van der Waals surface area contributed by atoms with Gasteiger partial charge in [0.1, 0.15) is 5.75 Å². The number of nitrogens with zero attached hydrogens (tertiary/aromatic N) is 1. The molecule has 0 saturated carbocycles. The topological polar surface area (TPSA) is 62.4 Å². The van der Waals surface area contributed by atoms with Crippen LogP contribution in [0.15, 0.2) is 48.7 Å². The third-order valence-electron chi connectivity index (χ3n) is 3.92. The van der Waals surface area contributed by atoms with E-state index in [1.807, 2.05) is 42.5 Å². The number of aromatic amines is 1. The molecule has 0 unspecified atom stereocenters. The summed E-state index contributed by atoms with van der Waals surface area (Å²) in [6.45, 7) is 0. The van der Waals surface area contributed by atoms with Gasteiger partial charge >= 0.3 is 0 Å². The fourth-order valence-electron chi connectivity index (χ4n) is 2.68. The van der Waals surface area contributed by atoms with E-state index in [1.165, 1.54) is 4.90 Å². The quantitative estimate of drug-likeness (QED) is 0.593. The number of hydrogen-bond acceptors (Lipinski definition) is 3. The molecule has 3 aromatic rings. The number of amides is 1. The van der Waals surface area contributed by atoms with Gasteiger partial charge in [-0.25, -0.2) is 0 Å². The third kappa shape index (κ3) is 2.65. The van der Waals surface area contributed by atoms with Gasteiger partial charge in [-0.3, -0.25) is 9.59 Å². The number of rotatable bonds is 4. The first-order valence-electron chi connectivity index (χ1n) is 7.53. The van der Waals surface area contributed by atoms with Crippen molar-refractivity contribution in [3.63, 3.8) is 0 Å². The van der Waals surface area contributed by atoms with Crippen LogP contribution in [0.2, 0.25) is 0 Å². The molecule has 0 aliphatic rings. The molecular weight excluding hydrogens is 304 g/mol. The zero-order chi connectivity index (χ0) is 17.3. The van der Waals surface area contributed by atoms with Crippen LogP contribution in [0, 0.1) is 0 Å². The number of ketones is 1. The van der Waals surface area contributed by atoms with Gasteiger partial charge in [-0.1, -0.05) is 30.3 Å². The normalized spacial score (nSPS) is 10.6. The van der Waals surface area contributed by atoms with Crippen molar-refractivity contribution in [2.75, 3.05) is 21.2 Å². The standard InChI is InChI=1S/C19H18N2O3/c1-21(2)19(23)18(22)14-11-20-15-9-13(10-16(24-3)17(14)15)12-7-5-4-6-8-12/h4-11,20H,1-3H3. The summed E-state index contributed by atoms with van der Waals surface area (Å²) in [5.74, 6) is -0.565. The molecule has 0 aliphatic heterocycles. The highest BCUT2D eigenvalue weighted by Gasteiger charge is 2.23. The van der Waals surface area contributed by atoms with E-state index in [0.29, 0.717) is 16.7 Å². The van der Waals surface area contributed by atoms with Crippen molar-refractivity contribution in [1.29, 1.82) is 0 Å². The number of benzene rings is 2. The van der Waals surface area contributed by atoms with Crippen LogP contribution in [0.5, 0.6) is 5.75 Å². The fraction of sp³-hybridized carbons (Fsp3) is 0.158. The summed E-state index contributed by atoms with van der Waals surface area (Å²) in [4.78, 5) is 28.8. The van der Waals surface area contributed by atoms with Crippen LogP contribution in [0.25, 0.3) is 22.0 Å². The van der Waals surface area contributed by atoms with E-state index >= 15 is 0 Å². The first kappa shape index (κ1) is 15.8. The van der Waals surface area contributed by atoms with E-state index in [0.717, 1.165) is 16.6 Å². The van der Waals surface area contributed by atoms with Gasteiger partial charge in [0, 0.05) is 20.3 Å². The Hall–Kier alpha value is -3.08. The number of hydrogen-bond donors (Lipinski definition) is 1. The van der Waals surface area contributed by atoms with Crippen molar-refractivity contribution < 1.29 is 14.3 Å². The number of ether oxygens (including phenoxy) is 1. The molecule has 0 atom stereocenters. The van der Waals surface area contributed by atoms with Crippen LogP contribution < -0.4 is 4.74 Å². The van der Waals surface area contributed by atoms with E-state index in [2.05, 4.69) is 4.98 Å². The highest BCUT2D eigenvalue weighted by atomic mass is 16.5.